The van der Waals surface area contributed by atoms with Crippen molar-refractivity contribution in [3.8, 4) is 0 Å². The predicted molar refractivity (Wildman–Crippen MR) is 68.2 cm³/mol. The molecule has 0 aliphatic carbocycles. The van der Waals surface area contributed by atoms with Crippen molar-refractivity contribution < 1.29 is 14.0 Å². The molecule has 0 fully saturated rings. The zero-order valence-corrected chi connectivity index (χ0v) is 11.3. The predicted octanol–water partition coefficient (Wildman–Crippen LogP) is 2.82. The van der Waals surface area contributed by atoms with E-state index in [1.165, 1.54) is 18.2 Å². The summed E-state index contributed by atoms with van der Waals surface area (Å²) in [5.41, 5.74) is -0.704. The molecule has 0 saturated carbocycles. The maximum Gasteiger partial charge on any atom is 0.254 e. The summed E-state index contributed by atoms with van der Waals surface area (Å²) in [5.74, 6) is -1.55. The number of carbonyl (C=O) groups is 2. The Bertz CT molecular complexity index is 480. The normalized spacial score (nSPS) is 11.2. The fraction of sp³-hybridized carbons (Fsp3) is 0.385. The minimum atomic E-state index is -0.778. The van der Waals surface area contributed by atoms with Crippen LogP contribution in [0.5, 0.6) is 0 Å². The van der Waals surface area contributed by atoms with Crippen LogP contribution in [0.2, 0.25) is 5.02 Å². The van der Waals surface area contributed by atoms with E-state index < -0.39 is 17.1 Å². The number of amides is 1. The van der Waals surface area contributed by atoms with Crippen LogP contribution in [-0.2, 0) is 4.79 Å². The molecule has 18 heavy (non-hydrogen) atoms. The fourth-order valence-electron chi connectivity index (χ4n) is 1.20. The molecule has 1 aromatic carbocycles. The number of Topliss-reactive ketones (excluding diaryl/α,β-unsaturated/α-hetero) is 1. The molecule has 1 rings (SSSR count). The topological polar surface area (TPSA) is 46.2 Å². The van der Waals surface area contributed by atoms with E-state index in [9.17, 15) is 14.0 Å². The van der Waals surface area contributed by atoms with Gasteiger partial charge in [0.05, 0.1) is 17.1 Å². The van der Waals surface area contributed by atoms with Gasteiger partial charge in [0.15, 0.2) is 11.6 Å². The average molecular weight is 272 g/mol. The van der Waals surface area contributed by atoms with Crippen LogP contribution < -0.4 is 5.32 Å². The van der Waals surface area contributed by atoms with Gasteiger partial charge in [-0.25, -0.2) is 4.39 Å². The lowest BCUT2D eigenvalue weighted by Crippen LogP contribution is -2.35. The van der Waals surface area contributed by atoms with Crippen LogP contribution in [0.3, 0.4) is 0 Å². The van der Waals surface area contributed by atoms with Crippen molar-refractivity contribution in [3.63, 3.8) is 0 Å². The van der Waals surface area contributed by atoms with Gasteiger partial charge in [-0.05, 0) is 12.1 Å². The molecule has 1 aromatic rings. The number of rotatable bonds is 3. The molecule has 0 aliphatic rings. The Morgan fingerprint density at radius 3 is 2.50 bits per heavy atom. The summed E-state index contributed by atoms with van der Waals surface area (Å²) in [7, 11) is 0. The SMILES string of the molecule is CC(C)(C)C(=O)CNC(=O)c1cccc(Cl)c1F. The second-order valence-electron chi connectivity index (χ2n) is 4.96. The Morgan fingerprint density at radius 2 is 1.94 bits per heavy atom. The maximum absolute atomic E-state index is 13.5. The highest BCUT2D eigenvalue weighted by atomic mass is 35.5. The summed E-state index contributed by atoms with van der Waals surface area (Å²) >= 11 is 5.57. The van der Waals surface area contributed by atoms with Crippen molar-refractivity contribution in [1.82, 2.24) is 5.32 Å². The Morgan fingerprint density at radius 1 is 1.33 bits per heavy atom. The van der Waals surface area contributed by atoms with Gasteiger partial charge in [0.2, 0.25) is 0 Å². The number of hydrogen-bond acceptors (Lipinski definition) is 2. The number of ketones is 1. The van der Waals surface area contributed by atoms with E-state index in [-0.39, 0.29) is 22.9 Å². The highest BCUT2D eigenvalue weighted by Gasteiger charge is 2.22. The molecule has 0 unspecified atom stereocenters. The number of halogens is 2. The van der Waals surface area contributed by atoms with Gasteiger partial charge in [-0.1, -0.05) is 38.4 Å². The molecule has 5 heteroatoms. The third-order valence-corrected chi connectivity index (χ3v) is 2.73. The van der Waals surface area contributed by atoms with Crippen LogP contribution in [-0.4, -0.2) is 18.2 Å². The highest BCUT2D eigenvalue weighted by molar-refractivity contribution is 6.31. The minimum Gasteiger partial charge on any atom is -0.345 e. The fourth-order valence-corrected chi connectivity index (χ4v) is 1.37. The van der Waals surface area contributed by atoms with E-state index in [1.807, 2.05) is 0 Å². The molecule has 3 nitrogen and oxygen atoms in total. The molecule has 0 radical (unpaired) electrons. The van der Waals surface area contributed by atoms with Gasteiger partial charge in [0.1, 0.15) is 0 Å². The molecule has 1 amide bonds. The van der Waals surface area contributed by atoms with Gasteiger partial charge in [0.25, 0.3) is 5.91 Å². The summed E-state index contributed by atoms with van der Waals surface area (Å²) in [6.45, 7) is 5.12. The standard InChI is InChI=1S/C13H15ClFNO2/c1-13(2,3)10(17)7-16-12(18)8-5-4-6-9(14)11(8)15/h4-6H,7H2,1-3H3,(H,16,18). The van der Waals surface area contributed by atoms with Crippen LogP contribution in [0.15, 0.2) is 18.2 Å². The van der Waals surface area contributed by atoms with Gasteiger partial charge in [-0.3, -0.25) is 9.59 Å². The first-order chi connectivity index (χ1) is 8.23. The molecular formula is C13H15ClFNO2. The molecule has 0 heterocycles. The number of hydrogen-bond donors (Lipinski definition) is 1. The molecule has 0 aliphatic heterocycles. The van der Waals surface area contributed by atoms with Crippen molar-refractivity contribution in [1.29, 1.82) is 0 Å². The highest BCUT2D eigenvalue weighted by Crippen LogP contribution is 2.18. The minimum absolute atomic E-state index is 0.121. The van der Waals surface area contributed by atoms with Crippen LogP contribution >= 0.6 is 11.6 Å². The Labute approximate surface area is 110 Å². The van der Waals surface area contributed by atoms with Gasteiger partial charge < -0.3 is 5.32 Å². The summed E-state index contributed by atoms with van der Waals surface area (Å²) in [6, 6.07) is 4.15. The first-order valence-corrected chi connectivity index (χ1v) is 5.87. The molecule has 0 aromatic heterocycles. The van der Waals surface area contributed by atoms with Crippen LogP contribution in [0.1, 0.15) is 31.1 Å². The third-order valence-electron chi connectivity index (χ3n) is 2.44. The molecule has 98 valence electrons. The molecule has 1 N–H and O–H groups in total. The van der Waals surface area contributed by atoms with Gasteiger partial charge in [0, 0.05) is 5.41 Å². The first-order valence-electron chi connectivity index (χ1n) is 5.49. The second-order valence-corrected chi connectivity index (χ2v) is 5.36. The number of benzene rings is 1. The van der Waals surface area contributed by atoms with E-state index in [2.05, 4.69) is 5.32 Å². The summed E-state index contributed by atoms with van der Waals surface area (Å²) in [5, 5.41) is 2.27. The van der Waals surface area contributed by atoms with Crippen LogP contribution in [0, 0.1) is 11.2 Å². The average Bonchev–Trinajstić information content (AvgIpc) is 2.27. The quantitative estimate of drug-likeness (QED) is 0.919. The largest absolute Gasteiger partial charge is 0.345 e. The Kier molecular flexibility index (Phi) is 4.46. The van der Waals surface area contributed by atoms with E-state index in [4.69, 9.17) is 11.6 Å². The summed E-state index contributed by atoms with van der Waals surface area (Å²) < 4.78 is 13.5. The van der Waals surface area contributed by atoms with E-state index in [1.54, 1.807) is 20.8 Å². The lowest BCUT2D eigenvalue weighted by atomic mass is 9.91. The lowest BCUT2D eigenvalue weighted by molar-refractivity contribution is -0.125. The van der Waals surface area contributed by atoms with E-state index in [0.717, 1.165) is 0 Å². The van der Waals surface area contributed by atoms with Crippen LogP contribution in [0.25, 0.3) is 0 Å². The van der Waals surface area contributed by atoms with Crippen LogP contribution in [0.4, 0.5) is 4.39 Å². The first kappa shape index (κ1) is 14.6. The van der Waals surface area contributed by atoms with Crippen molar-refractivity contribution in [2.24, 2.45) is 5.41 Å². The van der Waals surface area contributed by atoms with Crippen molar-refractivity contribution in [2.75, 3.05) is 6.54 Å². The Balaban J connectivity index is 2.73. The molecule has 0 atom stereocenters. The van der Waals surface area contributed by atoms with Crippen molar-refractivity contribution in [3.05, 3.63) is 34.6 Å². The van der Waals surface area contributed by atoms with E-state index >= 15 is 0 Å². The smallest absolute Gasteiger partial charge is 0.254 e. The van der Waals surface area contributed by atoms with E-state index in [0.29, 0.717) is 0 Å². The third kappa shape index (κ3) is 3.53. The number of carbonyl (C=O) groups excluding carboxylic acids is 2. The van der Waals surface area contributed by atoms with Crippen molar-refractivity contribution in [2.45, 2.75) is 20.8 Å². The molecule has 0 bridgehead atoms. The van der Waals surface area contributed by atoms with Gasteiger partial charge >= 0.3 is 0 Å². The zero-order chi connectivity index (χ0) is 13.9. The molecule has 0 saturated heterocycles. The number of nitrogens with one attached hydrogen (secondary N) is 1. The lowest BCUT2D eigenvalue weighted by Gasteiger charge is -2.16. The monoisotopic (exact) mass is 271 g/mol. The summed E-state index contributed by atoms with van der Waals surface area (Å²) in [6.07, 6.45) is 0. The van der Waals surface area contributed by atoms with Gasteiger partial charge in [-0.15, -0.1) is 0 Å². The maximum atomic E-state index is 13.5. The Hall–Kier alpha value is -1.42. The summed E-state index contributed by atoms with van der Waals surface area (Å²) in [4.78, 5) is 23.3. The van der Waals surface area contributed by atoms with Crippen molar-refractivity contribution >= 4 is 23.3 Å². The zero-order valence-electron chi connectivity index (χ0n) is 10.5. The molecule has 0 spiro atoms. The second kappa shape index (κ2) is 5.48. The molecular weight excluding hydrogens is 257 g/mol. The van der Waals surface area contributed by atoms with Gasteiger partial charge in [-0.2, -0.15) is 0 Å².